The van der Waals surface area contributed by atoms with Gasteiger partial charge in [-0.25, -0.2) is 0 Å². The van der Waals surface area contributed by atoms with Crippen LogP contribution in [0.5, 0.6) is 0 Å². The summed E-state index contributed by atoms with van der Waals surface area (Å²) in [6.45, 7) is 2.17. The van der Waals surface area contributed by atoms with Gasteiger partial charge in [0.2, 0.25) is 0 Å². The second kappa shape index (κ2) is 5.94. The lowest BCUT2D eigenvalue weighted by molar-refractivity contribution is 1.14. The first-order chi connectivity index (χ1) is 10.7. The second-order valence-electron chi connectivity index (χ2n) is 5.44. The van der Waals surface area contributed by atoms with Crippen molar-refractivity contribution in [2.75, 3.05) is 11.5 Å². The molecule has 2 nitrogen and oxygen atoms in total. The summed E-state index contributed by atoms with van der Waals surface area (Å²) in [4.78, 5) is 0. The van der Waals surface area contributed by atoms with Crippen LogP contribution in [0.3, 0.4) is 0 Å². The molecule has 0 saturated heterocycles. The maximum absolute atomic E-state index is 6.04. The largest absolute Gasteiger partial charge is 0.399 e. The first-order valence-electron chi connectivity index (χ1n) is 7.52. The summed E-state index contributed by atoms with van der Waals surface area (Å²) in [6, 6.07) is 22.6. The van der Waals surface area contributed by atoms with Gasteiger partial charge in [0.15, 0.2) is 0 Å². The summed E-state index contributed by atoms with van der Waals surface area (Å²) < 4.78 is 0. The van der Waals surface area contributed by atoms with E-state index in [-0.39, 0.29) is 0 Å². The maximum Gasteiger partial charge on any atom is 0.0320 e. The van der Waals surface area contributed by atoms with Crippen molar-refractivity contribution in [1.29, 1.82) is 0 Å². The van der Waals surface area contributed by atoms with E-state index >= 15 is 0 Å². The van der Waals surface area contributed by atoms with Crippen molar-refractivity contribution in [2.45, 2.75) is 13.3 Å². The highest BCUT2D eigenvalue weighted by molar-refractivity contribution is 5.87. The highest BCUT2D eigenvalue weighted by Gasteiger charge is 2.10. The topological polar surface area (TPSA) is 52.0 Å². The Balaban J connectivity index is 2.22. The van der Waals surface area contributed by atoms with Gasteiger partial charge in [-0.2, -0.15) is 0 Å². The molecule has 0 radical (unpaired) electrons. The average molecular weight is 288 g/mol. The molecule has 0 aliphatic heterocycles. The van der Waals surface area contributed by atoms with Crippen molar-refractivity contribution in [3.8, 4) is 22.3 Å². The van der Waals surface area contributed by atoms with Gasteiger partial charge in [0.1, 0.15) is 0 Å². The molecule has 3 rings (SSSR count). The Morgan fingerprint density at radius 2 is 1.36 bits per heavy atom. The zero-order valence-electron chi connectivity index (χ0n) is 12.7. The molecule has 0 amide bonds. The Labute approximate surface area is 131 Å². The van der Waals surface area contributed by atoms with Gasteiger partial charge in [0.25, 0.3) is 0 Å². The molecule has 0 heterocycles. The maximum atomic E-state index is 6.04. The molecule has 0 saturated carbocycles. The third-order valence-corrected chi connectivity index (χ3v) is 3.95. The lowest BCUT2D eigenvalue weighted by Gasteiger charge is -2.14. The number of nitrogen functional groups attached to an aromatic ring is 2. The monoisotopic (exact) mass is 288 g/mol. The number of hydrogen-bond acceptors (Lipinski definition) is 2. The zero-order chi connectivity index (χ0) is 15.5. The van der Waals surface area contributed by atoms with Gasteiger partial charge in [-0.05, 0) is 58.5 Å². The Morgan fingerprint density at radius 1 is 0.682 bits per heavy atom. The quantitative estimate of drug-likeness (QED) is 0.683. The SMILES string of the molecule is CCc1ccccc1-c1cc(N)ccc1-c1ccc(N)cc1. The molecule has 0 aliphatic carbocycles. The summed E-state index contributed by atoms with van der Waals surface area (Å²) in [7, 11) is 0. The molecule has 0 aromatic heterocycles. The van der Waals surface area contributed by atoms with Crippen LogP contribution in [-0.2, 0) is 6.42 Å². The van der Waals surface area contributed by atoms with Gasteiger partial charge in [0.05, 0.1) is 0 Å². The minimum Gasteiger partial charge on any atom is -0.399 e. The fraction of sp³-hybridized carbons (Fsp3) is 0.100. The van der Waals surface area contributed by atoms with Crippen LogP contribution in [0.2, 0.25) is 0 Å². The van der Waals surface area contributed by atoms with E-state index in [9.17, 15) is 0 Å². The Kier molecular flexibility index (Phi) is 3.84. The van der Waals surface area contributed by atoms with Crippen molar-refractivity contribution in [3.05, 3.63) is 72.3 Å². The van der Waals surface area contributed by atoms with E-state index in [2.05, 4.69) is 55.5 Å². The lowest BCUT2D eigenvalue weighted by Crippen LogP contribution is -1.93. The molecule has 3 aromatic carbocycles. The molecule has 0 bridgehead atoms. The van der Waals surface area contributed by atoms with Crippen LogP contribution in [0, 0.1) is 0 Å². The first kappa shape index (κ1) is 14.2. The Bertz CT molecular complexity index is 789. The van der Waals surface area contributed by atoms with Crippen LogP contribution in [0.15, 0.2) is 66.7 Å². The smallest absolute Gasteiger partial charge is 0.0320 e. The zero-order valence-corrected chi connectivity index (χ0v) is 12.7. The van der Waals surface area contributed by atoms with Crippen LogP contribution in [-0.4, -0.2) is 0 Å². The van der Waals surface area contributed by atoms with Gasteiger partial charge < -0.3 is 11.5 Å². The van der Waals surface area contributed by atoms with Crippen LogP contribution < -0.4 is 11.5 Å². The predicted molar refractivity (Wildman–Crippen MR) is 95.5 cm³/mol. The minimum atomic E-state index is 0.773. The van der Waals surface area contributed by atoms with E-state index < -0.39 is 0 Å². The fourth-order valence-electron chi connectivity index (χ4n) is 2.79. The van der Waals surface area contributed by atoms with Gasteiger partial charge >= 0.3 is 0 Å². The number of rotatable bonds is 3. The number of benzene rings is 3. The molecular formula is C20H20N2. The number of anilines is 2. The standard InChI is InChI=1S/C20H20N2/c1-2-14-5-3-4-6-18(14)20-13-17(22)11-12-19(20)15-7-9-16(21)10-8-15/h3-13H,2,21-22H2,1H3. The van der Waals surface area contributed by atoms with Gasteiger partial charge in [0, 0.05) is 11.4 Å². The molecule has 4 N–H and O–H groups in total. The number of nitrogens with two attached hydrogens (primary N) is 2. The summed E-state index contributed by atoms with van der Waals surface area (Å²) >= 11 is 0. The summed E-state index contributed by atoms with van der Waals surface area (Å²) in [6.07, 6.45) is 0.992. The number of aryl methyl sites for hydroxylation is 1. The summed E-state index contributed by atoms with van der Waals surface area (Å²) in [5.74, 6) is 0. The van der Waals surface area contributed by atoms with E-state index in [1.54, 1.807) is 0 Å². The van der Waals surface area contributed by atoms with Crippen LogP contribution >= 0.6 is 0 Å². The Hall–Kier alpha value is -2.74. The summed E-state index contributed by atoms with van der Waals surface area (Å²) in [5, 5.41) is 0. The molecule has 0 aliphatic rings. The average Bonchev–Trinajstić information content (AvgIpc) is 2.56. The molecule has 0 fully saturated rings. The highest BCUT2D eigenvalue weighted by atomic mass is 14.5. The molecule has 0 atom stereocenters. The molecular weight excluding hydrogens is 268 g/mol. The van der Waals surface area contributed by atoms with Gasteiger partial charge in [-0.15, -0.1) is 0 Å². The van der Waals surface area contributed by atoms with Crippen molar-refractivity contribution in [3.63, 3.8) is 0 Å². The first-order valence-corrected chi connectivity index (χ1v) is 7.52. The molecule has 110 valence electrons. The third-order valence-electron chi connectivity index (χ3n) is 3.95. The second-order valence-corrected chi connectivity index (χ2v) is 5.44. The third kappa shape index (κ3) is 2.68. The molecule has 0 unspecified atom stereocenters. The van der Waals surface area contributed by atoms with Gasteiger partial charge in [-0.1, -0.05) is 49.4 Å². The summed E-state index contributed by atoms with van der Waals surface area (Å²) in [5.41, 5.74) is 19.4. The van der Waals surface area contributed by atoms with E-state index in [0.29, 0.717) is 0 Å². The molecule has 22 heavy (non-hydrogen) atoms. The minimum absolute atomic E-state index is 0.773. The van der Waals surface area contributed by atoms with Crippen LogP contribution in [0.25, 0.3) is 22.3 Å². The predicted octanol–water partition coefficient (Wildman–Crippen LogP) is 4.75. The van der Waals surface area contributed by atoms with E-state index in [1.807, 2.05) is 18.2 Å². The van der Waals surface area contributed by atoms with E-state index in [4.69, 9.17) is 11.5 Å². The van der Waals surface area contributed by atoms with Crippen LogP contribution in [0.4, 0.5) is 11.4 Å². The van der Waals surface area contributed by atoms with Crippen molar-refractivity contribution in [2.24, 2.45) is 0 Å². The molecule has 0 spiro atoms. The Morgan fingerprint density at radius 3 is 2.09 bits per heavy atom. The molecule has 2 heteroatoms. The fourth-order valence-corrected chi connectivity index (χ4v) is 2.79. The van der Waals surface area contributed by atoms with Crippen molar-refractivity contribution >= 4 is 11.4 Å². The van der Waals surface area contributed by atoms with Gasteiger partial charge in [-0.3, -0.25) is 0 Å². The number of hydrogen-bond donors (Lipinski definition) is 2. The van der Waals surface area contributed by atoms with Crippen LogP contribution in [0.1, 0.15) is 12.5 Å². The van der Waals surface area contributed by atoms with E-state index in [1.165, 1.54) is 22.3 Å². The van der Waals surface area contributed by atoms with Crippen molar-refractivity contribution < 1.29 is 0 Å². The van der Waals surface area contributed by atoms with Crippen molar-refractivity contribution in [1.82, 2.24) is 0 Å². The normalized spacial score (nSPS) is 10.6. The molecule has 3 aromatic rings. The lowest BCUT2D eigenvalue weighted by atomic mass is 9.90. The van der Waals surface area contributed by atoms with E-state index in [0.717, 1.165) is 23.4 Å². The highest BCUT2D eigenvalue weighted by Crippen LogP contribution is 2.35.